The molecule has 0 radical (unpaired) electrons. The predicted octanol–water partition coefficient (Wildman–Crippen LogP) is 0.667. The molecule has 0 aliphatic carbocycles. The minimum atomic E-state index is -1.10. The molecular weight excluding hydrogens is 234 g/mol. The summed E-state index contributed by atoms with van der Waals surface area (Å²) in [6, 6.07) is 4.66. The third-order valence-electron chi connectivity index (χ3n) is 2.57. The molecule has 0 unspecified atom stereocenters. The minimum absolute atomic E-state index is 0.00899. The number of hydrogen-bond donors (Lipinski definition) is 3. The zero-order valence-electron chi connectivity index (χ0n) is 10.4. The molecule has 6 nitrogen and oxygen atoms in total. The van der Waals surface area contributed by atoms with Crippen LogP contribution in [-0.2, 0) is 4.79 Å². The lowest BCUT2D eigenvalue weighted by atomic mass is 10.1. The Hall–Kier alpha value is -2.24. The quantitative estimate of drug-likeness (QED) is 0.666. The second-order valence-corrected chi connectivity index (χ2v) is 4.23. The van der Waals surface area contributed by atoms with E-state index < -0.39 is 11.9 Å². The molecule has 1 rings (SSSR count). The molecule has 6 heteroatoms. The fraction of sp³-hybridized carbons (Fsp3) is 0.333. The predicted molar refractivity (Wildman–Crippen MR) is 69.5 cm³/mol. The normalized spacial score (nSPS) is 10.4. The Morgan fingerprint density at radius 2 is 2.00 bits per heavy atom. The number of carboxylic acid groups (broad SMARTS) is 1. The number of para-hydroxylation sites is 1. The van der Waals surface area contributed by atoms with Crippen LogP contribution in [0.4, 0.5) is 11.4 Å². The molecule has 0 fully saturated rings. The first-order valence-electron chi connectivity index (χ1n) is 5.51. The lowest BCUT2D eigenvalue weighted by Crippen LogP contribution is -2.39. The van der Waals surface area contributed by atoms with Crippen LogP contribution in [0.1, 0.15) is 24.2 Å². The molecule has 5 N–H and O–H groups in total. The van der Waals surface area contributed by atoms with E-state index in [-0.39, 0.29) is 23.8 Å². The first-order valence-corrected chi connectivity index (χ1v) is 5.51. The third kappa shape index (κ3) is 2.91. The summed E-state index contributed by atoms with van der Waals surface area (Å²) in [6.07, 6.45) is 0. The molecule has 1 aromatic carbocycles. The number of amides is 1. The molecule has 0 heterocycles. The number of nitrogen functional groups attached to an aromatic ring is 1. The number of primary amides is 1. The van der Waals surface area contributed by atoms with Crippen molar-refractivity contribution in [2.24, 2.45) is 5.73 Å². The van der Waals surface area contributed by atoms with Crippen LogP contribution in [0.15, 0.2) is 18.2 Å². The Morgan fingerprint density at radius 1 is 1.39 bits per heavy atom. The Morgan fingerprint density at radius 3 is 2.44 bits per heavy atom. The number of carbonyl (C=O) groups excluding carboxylic acids is 1. The summed E-state index contributed by atoms with van der Waals surface area (Å²) in [5.41, 5.74) is 11.7. The van der Waals surface area contributed by atoms with Crippen LogP contribution in [0.25, 0.3) is 0 Å². The minimum Gasteiger partial charge on any atom is -0.478 e. The zero-order valence-corrected chi connectivity index (χ0v) is 10.4. The van der Waals surface area contributed by atoms with Gasteiger partial charge in [0.1, 0.15) is 0 Å². The fourth-order valence-electron chi connectivity index (χ4n) is 1.70. The Balaban J connectivity index is 3.24. The topological polar surface area (TPSA) is 110 Å². The van der Waals surface area contributed by atoms with Gasteiger partial charge >= 0.3 is 5.97 Å². The molecule has 1 amide bonds. The van der Waals surface area contributed by atoms with E-state index in [1.165, 1.54) is 6.07 Å². The maximum atomic E-state index is 11.0. The summed E-state index contributed by atoms with van der Waals surface area (Å²) in [4.78, 5) is 23.7. The van der Waals surface area contributed by atoms with Crippen molar-refractivity contribution < 1.29 is 14.7 Å². The lowest BCUT2D eigenvalue weighted by Gasteiger charge is -2.29. The van der Waals surface area contributed by atoms with Gasteiger partial charge in [-0.25, -0.2) is 4.79 Å². The maximum Gasteiger partial charge on any atom is 0.337 e. The van der Waals surface area contributed by atoms with Crippen LogP contribution >= 0.6 is 0 Å². The highest BCUT2D eigenvalue weighted by atomic mass is 16.4. The fourth-order valence-corrected chi connectivity index (χ4v) is 1.70. The number of rotatable bonds is 5. The number of carboxylic acids is 1. The average molecular weight is 251 g/mol. The van der Waals surface area contributed by atoms with Gasteiger partial charge in [0.05, 0.1) is 23.5 Å². The molecule has 0 aliphatic heterocycles. The van der Waals surface area contributed by atoms with E-state index in [4.69, 9.17) is 16.6 Å². The Bertz CT molecular complexity index is 472. The zero-order chi connectivity index (χ0) is 13.9. The van der Waals surface area contributed by atoms with E-state index >= 15 is 0 Å². The summed E-state index contributed by atoms with van der Waals surface area (Å²) in [6.45, 7) is 3.73. The number of nitrogens with zero attached hydrogens (tertiary/aromatic N) is 1. The highest BCUT2D eigenvalue weighted by Gasteiger charge is 2.19. The average Bonchev–Trinajstić information content (AvgIpc) is 2.25. The third-order valence-corrected chi connectivity index (χ3v) is 2.57. The van der Waals surface area contributed by atoms with Gasteiger partial charge in [-0.2, -0.15) is 0 Å². The van der Waals surface area contributed by atoms with Gasteiger partial charge in [0.2, 0.25) is 5.91 Å². The monoisotopic (exact) mass is 251 g/mol. The highest BCUT2D eigenvalue weighted by molar-refractivity contribution is 5.97. The van der Waals surface area contributed by atoms with Crippen molar-refractivity contribution in [1.82, 2.24) is 0 Å². The van der Waals surface area contributed by atoms with E-state index in [1.807, 2.05) is 13.8 Å². The molecule has 0 spiro atoms. The lowest BCUT2D eigenvalue weighted by molar-refractivity contribution is -0.116. The Kier molecular flexibility index (Phi) is 4.14. The summed E-state index contributed by atoms with van der Waals surface area (Å²) >= 11 is 0. The van der Waals surface area contributed by atoms with Gasteiger partial charge in [-0.15, -0.1) is 0 Å². The van der Waals surface area contributed by atoms with Crippen molar-refractivity contribution >= 4 is 23.3 Å². The molecule has 98 valence electrons. The molecule has 0 bridgehead atoms. The van der Waals surface area contributed by atoms with E-state index in [0.29, 0.717) is 5.69 Å². The van der Waals surface area contributed by atoms with Gasteiger partial charge in [-0.3, -0.25) is 4.79 Å². The Labute approximate surface area is 105 Å². The molecule has 0 aliphatic rings. The molecule has 0 aromatic heterocycles. The summed E-state index contributed by atoms with van der Waals surface area (Å²) in [5, 5.41) is 9.00. The highest BCUT2D eigenvalue weighted by Crippen LogP contribution is 2.28. The summed E-state index contributed by atoms with van der Waals surface area (Å²) < 4.78 is 0. The number of nitrogens with two attached hydrogens (primary N) is 2. The molecule has 0 atom stereocenters. The molecule has 0 saturated heterocycles. The first-order chi connectivity index (χ1) is 8.34. The van der Waals surface area contributed by atoms with Gasteiger partial charge in [-0.1, -0.05) is 6.07 Å². The van der Waals surface area contributed by atoms with Gasteiger partial charge in [0.15, 0.2) is 0 Å². The number of carbonyl (C=O) groups is 2. The molecule has 1 aromatic rings. The smallest absolute Gasteiger partial charge is 0.337 e. The van der Waals surface area contributed by atoms with E-state index in [2.05, 4.69) is 0 Å². The standard InChI is InChI=1S/C12H17N3O3/c1-7(2)15(6-10(13)16)9-5-3-4-8(11(9)14)12(17)18/h3-5,7H,6,14H2,1-2H3,(H2,13,16)(H,17,18). The van der Waals surface area contributed by atoms with Crippen molar-refractivity contribution in [1.29, 1.82) is 0 Å². The van der Waals surface area contributed by atoms with Crippen LogP contribution in [0, 0.1) is 0 Å². The van der Waals surface area contributed by atoms with Crippen LogP contribution < -0.4 is 16.4 Å². The van der Waals surface area contributed by atoms with Gasteiger partial charge in [0.25, 0.3) is 0 Å². The number of aromatic carboxylic acids is 1. The number of hydrogen-bond acceptors (Lipinski definition) is 4. The van der Waals surface area contributed by atoms with Crippen LogP contribution in [0.2, 0.25) is 0 Å². The summed E-state index contributed by atoms with van der Waals surface area (Å²) in [7, 11) is 0. The summed E-state index contributed by atoms with van der Waals surface area (Å²) in [5.74, 6) is -1.60. The van der Waals surface area contributed by atoms with Crippen molar-refractivity contribution in [3.8, 4) is 0 Å². The van der Waals surface area contributed by atoms with Crippen molar-refractivity contribution in [2.75, 3.05) is 17.2 Å². The first kappa shape index (κ1) is 13.8. The molecular formula is C12H17N3O3. The van der Waals surface area contributed by atoms with Crippen LogP contribution in [-0.4, -0.2) is 29.6 Å². The van der Waals surface area contributed by atoms with Gasteiger partial charge < -0.3 is 21.5 Å². The maximum absolute atomic E-state index is 11.0. The van der Waals surface area contributed by atoms with E-state index in [0.717, 1.165) is 0 Å². The van der Waals surface area contributed by atoms with Gasteiger partial charge in [0, 0.05) is 6.04 Å². The van der Waals surface area contributed by atoms with Crippen LogP contribution in [0.5, 0.6) is 0 Å². The SMILES string of the molecule is CC(C)N(CC(N)=O)c1cccc(C(=O)O)c1N. The largest absolute Gasteiger partial charge is 0.478 e. The molecule has 0 saturated carbocycles. The van der Waals surface area contributed by atoms with Gasteiger partial charge in [-0.05, 0) is 26.0 Å². The van der Waals surface area contributed by atoms with Crippen molar-refractivity contribution in [2.45, 2.75) is 19.9 Å². The van der Waals surface area contributed by atoms with Crippen molar-refractivity contribution in [3.05, 3.63) is 23.8 Å². The van der Waals surface area contributed by atoms with Crippen molar-refractivity contribution in [3.63, 3.8) is 0 Å². The number of anilines is 2. The number of benzene rings is 1. The van der Waals surface area contributed by atoms with E-state index in [9.17, 15) is 9.59 Å². The van der Waals surface area contributed by atoms with Crippen LogP contribution in [0.3, 0.4) is 0 Å². The second kappa shape index (κ2) is 5.39. The molecule has 18 heavy (non-hydrogen) atoms. The second-order valence-electron chi connectivity index (χ2n) is 4.23. The van der Waals surface area contributed by atoms with E-state index in [1.54, 1.807) is 17.0 Å².